The van der Waals surface area contributed by atoms with E-state index >= 15 is 0 Å². The van der Waals surface area contributed by atoms with Crippen LogP contribution >= 0.6 is 34.8 Å². The van der Waals surface area contributed by atoms with Crippen molar-refractivity contribution in [1.82, 2.24) is 0 Å². The first-order valence-corrected chi connectivity index (χ1v) is 7.74. The minimum Gasteiger partial charge on any atom is -0.486 e. The standard InChI is InChI=1S/C16H13Cl3O2/c1-9-6-10(17)2-3-11(9)16(19)12-7-14-15(8-13(12)18)21-5-4-20-14/h2-3,6-8,16H,4-5H2,1H3. The summed E-state index contributed by atoms with van der Waals surface area (Å²) in [6, 6.07) is 9.24. The van der Waals surface area contributed by atoms with Crippen molar-refractivity contribution < 1.29 is 9.47 Å². The number of ether oxygens (including phenoxy) is 2. The Bertz CT molecular complexity index is 685. The van der Waals surface area contributed by atoms with Crippen LogP contribution in [0, 0.1) is 6.92 Å². The smallest absolute Gasteiger partial charge is 0.162 e. The lowest BCUT2D eigenvalue weighted by molar-refractivity contribution is 0.171. The third-order valence-electron chi connectivity index (χ3n) is 3.44. The minimum atomic E-state index is -0.370. The Hall–Kier alpha value is -1.09. The Morgan fingerprint density at radius 1 is 0.952 bits per heavy atom. The molecule has 0 N–H and O–H groups in total. The fourth-order valence-electron chi connectivity index (χ4n) is 2.36. The molecule has 110 valence electrons. The summed E-state index contributed by atoms with van der Waals surface area (Å²) < 4.78 is 11.1. The zero-order chi connectivity index (χ0) is 15.0. The van der Waals surface area contributed by atoms with Crippen LogP contribution in [0.1, 0.15) is 22.1 Å². The summed E-state index contributed by atoms with van der Waals surface area (Å²) in [4.78, 5) is 0. The third kappa shape index (κ3) is 2.94. The summed E-state index contributed by atoms with van der Waals surface area (Å²) in [5.74, 6) is 1.34. The molecule has 0 spiro atoms. The minimum absolute atomic E-state index is 0.370. The number of benzene rings is 2. The molecule has 0 saturated heterocycles. The van der Waals surface area contributed by atoms with Gasteiger partial charge in [0.2, 0.25) is 0 Å². The van der Waals surface area contributed by atoms with Crippen molar-refractivity contribution in [2.24, 2.45) is 0 Å². The van der Waals surface area contributed by atoms with Crippen molar-refractivity contribution in [3.8, 4) is 11.5 Å². The first kappa shape index (κ1) is 14.8. The fourth-order valence-corrected chi connectivity index (χ4v) is 3.34. The molecule has 2 aromatic carbocycles. The Balaban J connectivity index is 2.03. The molecule has 2 nitrogen and oxygen atoms in total. The number of halogens is 3. The third-order valence-corrected chi connectivity index (χ3v) is 4.47. The number of fused-ring (bicyclic) bond motifs is 1. The van der Waals surface area contributed by atoms with Gasteiger partial charge in [0.1, 0.15) is 13.2 Å². The monoisotopic (exact) mass is 342 g/mol. The topological polar surface area (TPSA) is 18.5 Å². The normalized spacial score (nSPS) is 14.9. The molecule has 0 aromatic heterocycles. The molecule has 21 heavy (non-hydrogen) atoms. The Morgan fingerprint density at radius 3 is 2.29 bits per heavy atom. The van der Waals surface area contributed by atoms with Crippen LogP contribution in [-0.2, 0) is 0 Å². The van der Waals surface area contributed by atoms with Crippen LogP contribution in [-0.4, -0.2) is 13.2 Å². The van der Waals surface area contributed by atoms with Crippen molar-refractivity contribution in [3.63, 3.8) is 0 Å². The zero-order valence-electron chi connectivity index (χ0n) is 11.3. The van der Waals surface area contributed by atoms with E-state index in [0.29, 0.717) is 34.8 Å². The first-order chi connectivity index (χ1) is 10.1. The maximum Gasteiger partial charge on any atom is 0.162 e. The maximum atomic E-state index is 6.61. The average Bonchev–Trinajstić information content (AvgIpc) is 2.46. The molecule has 0 aliphatic carbocycles. The van der Waals surface area contributed by atoms with E-state index in [9.17, 15) is 0 Å². The van der Waals surface area contributed by atoms with Gasteiger partial charge in [-0.2, -0.15) is 0 Å². The molecule has 0 radical (unpaired) electrons. The van der Waals surface area contributed by atoms with E-state index in [0.717, 1.165) is 16.7 Å². The molecular weight excluding hydrogens is 331 g/mol. The molecule has 2 aromatic rings. The number of rotatable bonds is 2. The van der Waals surface area contributed by atoms with Crippen LogP contribution in [0.3, 0.4) is 0 Å². The molecule has 0 amide bonds. The molecule has 1 unspecified atom stereocenters. The lowest BCUT2D eigenvalue weighted by atomic mass is 9.99. The second-order valence-corrected chi connectivity index (χ2v) is 6.16. The average molecular weight is 344 g/mol. The highest BCUT2D eigenvalue weighted by Crippen LogP contribution is 2.42. The summed E-state index contributed by atoms with van der Waals surface area (Å²) in [5, 5.41) is 0.882. The Morgan fingerprint density at radius 2 is 1.62 bits per heavy atom. The van der Waals surface area contributed by atoms with Crippen LogP contribution < -0.4 is 9.47 Å². The van der Waals surface area contributed by atoms with Crippen molar-refractivity contribution in [2.75, 3.05) is 13.2 Å². The summed E-state index contributed by atoms with van der Waals surface area (Å²) >= 11 is 18.9. The van der Waals surface area contributed by atoms with E-state index in [1.54, 1.807) is 6.07 Å². The molecule has 1 heterocycles. The maximum absolute atomic E-state index is 6.61. The van der Waals surface area contributed by atoms with Crippen LogP contribution in [0.2, 0.25) is 10.0 Å². The van der Waals surface area contributed by atoms with Gasteiger partial charge in [0, 0.05) is 16.1 Å². The highest BCUT2D eigenvalue weighted by Gasteiger charge is 2.21. The summed E-state index contributed by atoms with van der Waals surface area (Å²) in [6.45, 7) is 3.03. The van der Waals surface area contributed by atoms with Gasteiger partial charge >= 0.3 is 0 Å². The summed E-state index contributed by atoms with van der Waals surface area (Å²) in [7, 11) is 0. The largest absolute Gasteiger partial charge is 0.486 e. The lowest BCUT2D eigenvalue weighted by Crippen LogP contribution is -2.15. The molecule has 1 atom stereocenters. The molecule has 1 aliphatic rings. The zero-order valence-corrected chi connectivity index (χ0v) is 13.6. The summed E-state index contributed by atoms with van der Waals surface area (Å²) in [6.07, 6.45) is 0. The molecule has 0 saturated carbocycles. The van der Waals surface area contributed by atoms with Gasteiger partial charge in [-0.25, -0.2) is 0 Å². The summed E-state index contributed by atoms with van der Waals surface area (Å²) in [5.41, 5.74) is 2.79. The number of aryl methyl sites for hydroxylation is 1. The van der Waals surface area contributed by atoms with E-state index < -0.39 is 0 Å². The van der Waals surface area contributed by atoms with E-state index in [-0.39, 0.29) is 5.38 Å². The predicted octanol–water partition coefficient (Wildman–Crippen LogP) is 5.40. The molecule has 0 bridgehead atoms. The van der Waals surface area contributed by atoms with E-state index in [1.807, 2.05) is 31.2 Å². The number of alkyl halides is 1. The van der Waals surface area contributed by atoms with Crippen molar-refractivity contribution in [2.45, 2.75) is 12.3 Å². The van der Waals surface area contributed by atoms with Gasteiger partial charge < -0.3 is 9.47 Å². The lowest BCUT2D eigenvalue weighted by Gasteiger charge is -2.22. The van der Waals surface area contributed by atoms with Gasteiger partial charge in [0.15, 0.2) is 11.5 Å². The second-order valence-electron chi connectivity index (χ2n) is 4.88. The van der Waals surface area contributed by atoms with Gasteiger partial charge in [-0.05, 0) is 41.8 Å². The Labute approximate surface area is 138 Å². The fraction of sp³-hybridized carbons (Fsp3) is 0.250. The highest BCUT2D eigenvalue weighted by atomic mass is 35.5. The van der Waals surface area contributed by atoms with Crippen molar-refractivity contribution in [1.29, 1.82) is 0 Å². The Kier molecular flexibility index (Phi) is 4.21. The highest BCUT2D eigenvalue weighted by molar-refractivity contribution is 6.33. The molecule has 1 aliphatic heterocycles. The van der Waals surface area contributed by atoms with Crippen molar-refractivity contribution >= 4 is 34.8 Å². The molecule has 3 rings (SSSR count). The van der Waals surface area contributed by atoms with Crippen LogP contribution in [0.25, 0.3) is 0 Å². The number of hydrogen-bond donors (Lipinski definition) is 0. The second kappa shape index (κ2) is 5.96. The predicted molar refractivity (Wildman–Crippen MR) is 86.3 cm³/mol. The van der Waals surface area contributed by atoms with E-state index in [4.69, 9.17) is 44.3 Å². The molecule has 0 fully saturated rings. The van der Waals surface area contributed by atoms with Gasteiger partial charge in [0.05, 0.1) is 5.38 Å². The van der Waals surface area contributed by atoms with E-state index in [2.05, 4.69) is 0 Å². The van der Waals surface area contributed by atoms with Gasteiger partial charge in [-0.1, -0.05) is 29.3 Å². The SMILES string of the molecule is Cc1cc(Cl)ccc1C(Cl)c1cc2c(cc1Cl)OCCO2. The van der Waals surface area contributed by atoms with Crippen molar-refractivity contribution in [3.05, 3.63) is 57.1 Å². The number of hydrogen-bond acceptors (Lipinski definition) is 2. The van der Waals surface area contributed by atoms with Crippen LogP contribution in [0.15, 0.2) is 30.3 Å². The quantitative estimate of drug-likeness (QED) is 0.680. The van der Waals surface area contributed by atoms with Crippen LogP contribution in [0.4, 0.5) is 0 Å². The van der Waals surface area contributed by atoms with Gasteiger partial charge in [0.25, 0.3) is 0 Å². The van der Waals surface area contributed by atoms with E-state index in [1.165, 1.54) is 0 Å². The van der Waals surface area contributed by atoms with Gasteiger partial charge in [-0.15, -0.1) is 11.6 Å². The van der Waals surface area contributed by atoms with Crippen LogP contribution in [0.5, 0.6) is 11.5 Å². The molecule has 5 heteroatoms. The van der Waals surface area contributed by atoms with Gasteiger partial charge in [-0.3, -0.25) is 0 Å². The molecular formula is C16H13Cl3O2. The first-order valence-electron chi connectivity index (χ1n) is 6.55.